The van der Waals surface area contributed by atoms with E-state index in [1.54, 1.807) is 6.33 Å². The Morgan fingerprint density at radius 2 is 2.17 bits per heavy atom. The van der Waals surface area contributed by atoms with Crippen LogP contribution in [-0.4, -0.2) is 14.8 Å². The molecule has 0 bridgehead atoms. The molecule has 92 valence electrons. The lowest BCUT2D eigenvalue weighted by Gasteiger charge is -2.06. The average molecular weight is 241 g/mol. The lowest BCUT2D eigenvalue weighted by molar-refractivity contribution is 0.612. The Bertz CT molecular complexity index is 553. The van der Waals surface area contributed by atoms with Crippen LogP contribution >= 0.6 is 0 Å². The highest BCUT2D eigenvalue weighted by atomic mass is 15.3. The number of hydrogen-bond donors (Lipinski definition) is 1. The Labute approximate surface area is 106 Å². The third-order valence-electron chi connectivity index (χ3n) is 2.77. The summed E-state index contributed by atoms with van der Waals surface area (Å²) in [5.74, 6) is 0.909. The van der Waals surface area contributed by atoms with Gasteiger partial charge in [0.25, 0.3) is 0 Å². The van der Waals surface area contributed by atoms with Crippen molar-refractivity contribution in [1.82, 2.24) is 20.1 Å². The van der Waals surface area contributed by atoms with Gasteiger partial charge in [-0.3, -0.25) is 0 Å². The summed E-state index contributed by atoms with van der Waals surface area (Å²) >= 11 is 0. The third kappa shape index (κ3) is 2.73. The number of aryl methyl sites for hydroxylation is 1. The van der Waals surface area contributed by atoms with Gasteiger partial charge in [-0.15, -0.1) is 10.2 Å². The van der Waals surface area contributed by atoms with Gasteiger partial charge in [0.1, 0.15) is 12.2 Å². The second-order valence-corrected chi connectivity index (χ2v) is 3.91. The molecule has 18 heavy (non-hydrogen) atoms. The van der Waals surface area contributed by atoms with E-state index >= 15 is 0 Å². The fourth-order valence-electron chi connectivity index (χ4n) is 1.77. The van der Waals surface area contributed by atoms with Crippen LogP contribution in [0.3, 0.4) is 0 Å². The summed E-state index contributed by atoms with van der Waals surface area (Å²) in [5.41, 5.74) is 1.71. The molecule has 0 amide bonds. The number of nitrogens with one attached hydrogen (secondary N) is 1. The normalized spacial score (nSPS) is 10.2. The van der Waals surface area contributed by atoms with Gasteiger partial charge in [-0.25, -0.2) is 0 Å². The molecule has 0 radical (unpaired) electrons. The van der Waals surface area contributed by atoms with E-state index in [9.17, 15) is 0 Å². The second-order valence-electron chi connectivity index (χ2n) is 3.91. The summed E-state index contributed by atoms with van der Waals surface area (Å²) in [4.78, 5) is 0. The van der Waals surface area contributed by atoms with Crippen molar-refractivity contribution < 1.29 is 0 Å². The van der Waals surface area contributed by atoms with Crippen LogP contribution in [0, 0.1) is 11.3 Å². The third-order valence-corrected chi connectivity index (χ3v) is 2.77. The minimum absolute atomic E-state index is 0.646. The van der Waals surface area contributed by atoms with Crippen LogP contribution in [-0.2, 0) is 19.6 Å². The first kappa shape index (κ1) is 12.3. The molecule has 1 aromatic heterocycles. The van der Waals surface area contributed by atoms with E-state index in [0.29, 0.717) is 18.7 Å². The number of hydrogen-bond acceptors (Lipinski definition) is 4. The van der Waals surface area contributed by atoms with Crippen LogP contribution in [0.25, 0.3) is 0 Å². The van der Waals surface area contributed by atoms with Crippen molar-refractivity contribution in [2.75, 3.05) is 0 Å². The standard InChI is InChI=1S/C13H15N5/c1-2-18-10-16-17-13(18)9-15-8-12-6-4-3-5-11(12)7-14/h3-6,10,15H,2,8-9H2,1H3. The van der Waals surface area contributed by atoms with Crippen molar-refractivity contribution in [2.45, 2.75) is 26.6 Å². The van der Waals surface area contributed by atoms with Crippen molar-refractivity contribution in [3.05, 3.63) is 47.5 Å². The Morgan fingerprint density at radius 1 is 1.33 bits per heavy atom. The molecule has 1 aromatic carbocycles. The lowest BCUT2D eigenvalue weighted by Crippen LogP contribution is -2.17. The smallest absolute Gasteiger partial charge is 0.146 e. The van der Waals surface area contributed by atoms with Crippen LogP contribution in [0.5, 0.6) is 0 Å². The maximum atomic E-state index is 8.98. The predicted octanol–water partition coefficient (Wildman–Crippen LogP) is 1.46. The highest BCUT2D eigenvalue weighted by molar-refractivity contribution is 5.37. The molecule has 0 atom stereocenters. The zero-order valence-electron chi connectivity index (χ0n) is 10.3. The molecule has 0 fully saturated rings. The largest absolute Gasteiger partial charge is 0.317 e. The molecule has 0 saturated carbocycles. The van der Waals surface area contributed by atoms with E-state index in [2.05, 4.69) is 28.5 Å². The van der Waals surface area contributed by atoms with E-state index in [1.165, 1.54) is 0 Å². The maximum absolute atomic E-state index is 8.98. The molecular weight excluding hydrogens is 226 g/mol. The molecule has 0 spiro atoms. The molecule has 2 aromatic rings. The fourth-order valence-corrected chi connectivity index (χ4v) is 1.77. The number of aromatic nitrogens is 3. The first-order valence-corrected chi connectivity index (χ1v) is 5.90. The minimum Gasteiger partial charge on any atom is -0.317 e. The van der Waals surface area contributed by atoms with Crippen LogP contribution < -0.4 is 5.32 Å². The van der Waals surface area contributed by atoms with Crippen molar-refractivity contribution >= 4 is 0 Å². The van der Waals surface area contributed by atoms with Gasteiger partial charge in [0, 0.05) is 13.1 Å². The van der Waals surface area contributed by atoms with Gasteiger partial charge in [-0.2, -0.15) is 5.26 Å². The number of benzene rings is 1. The minimum atomic E-state index is 0.646. The lowest BCUT2D eigenvalue weighted by atomic mass is 10.1. The Kier molecular flexibility index (Phi) is 4.05. The summed E-state index contributed by atoms with van der Waals surface area (Å²) in [6.07, 6.45) is 1.72. The summed E-state index contributed by atoms with van der Waals surface area (Å²) in [6, 6.07) is 9.78. The second kappa shape index (κ2) is 5.94. The van der Waals surface area contributed by atoms with Gasteiger partial charge in [-0.1, -0.05) is 18.2 Å². The Balaban J connectivity index is 1.95. The molecule has 5 nitrogen and oxygen atoms in total. The van der Waals surface area contributed by atoms with E-state index in [0.717, 1.165) is 17.9 Å². The molecule has 0 saturated heterocycles. The van der Waals surface area contributed by atoms with Crippen LogP contribution in [0.1, 0.15) is 23.9 Å². The summed E-state index contributed by atoms with van der Waals surface area (Å²) in [6.45, 7) is 4.21. The Morgan fingerprint density at radius 3 is 2.94 bits per heavy atom. The molecule has 1 N–H and O–H groups in total. The molecule has 5 heteroatoms. The van der Waals surface area contributed by atoms with E-state index in [-0.39, 0.29) is 0 Å². The topological polar surface area (TPSA) is 66.5 Å². The van der Waals surface area contributed by atoms with Gasteiger partial charge in [0.15, 0.2) is 0 Å². The molecule has 1 heterocycles. The summed E-state index contributed by atoms with van der Waals surface area (Å²) in [7, 11) is 0. The zero-order chi connectivity index (χ0) is 12.8. The van der Waals surface area contributed by atoms with Crippen molar-refractivity contribution in [1.29, 1.82) is 5.26 Å². The number of nitriles is 1. The molecule has 2 rings (SSSR count). The quantitative estimate of drug-likeness (QED) is 0.860. The number of nitrogens with zero attached hydrogens (tertiary/aromatic N) is 4. The zero-order valence-corrected chi connectivity index (χ0v) is 10.3. The molecule has 0 unspecified atom stereocenters. The van der Waals surface area contributed by atoms with Crippen molar-refractivity contribution in [2.24, 2.45) is 0 Å². The first-order valence-electron chi connectivity index (χ1n) is 5.90. The van der Waals surface area contributed by atoms with Gasteiger partial charge in [0.05, 0.1) is 18.2 Å². The molecular formula is C13H15N5. The molecule has 0 aliphatic rings. The van der Waals surface area contributed by atoms with E-state index < -0.39 is 0 Å². The summed E-state index contributed by atoms with van der Waals surface area (Å²) < 4.78 is 1.99. The first-order chi connectivity index (χ1) is 8.85. The highest BCUT2D eigenvalue weighted by Gasteiger charge is 2.03. The van der Waals surface area contributed by atoms with Crippen LogP contribution in [0.2, 0.25) is 0 Å². The SMILES string of the molecule is CCn1cnnc1CNCc1ccccc1C#N. The molecule has 0 aliphatic heterocycles. The summed E-state index contributed by atoms with van der Waals surface area (Å²) in [5, 5.41) is 20.2. The number of rotatable bonds is 5. The monoisotopic (exact) mass is 241 g/mol. The van der Waals surface area contributed by atoms with Crippen molar-refractivity contribution in [3.8, 4) is 6.07 Å². The maximum Gasteiger partial charge on any atom is 0.146 e. The molecule has 0 aliphatic carbocycles. The van der Waals surface area contributed by atoms with Gasteiger partial charge in [-0.05, 0) is 18.6 Å². The van der Waals surface area contributed by atoms with Crippen LogP contribution in [0.4, 0.5) is 0 Å². The van der Waals surface area contributed by atoms with Crippen molar-refractivity contribution in [3.63, 3.8) is 0 Å². The van der Waals surface area contributed by atoms with Gasteiger partial charge in [0.2, 0.25) is 0 Å². The van der Waals surface area contributed by atoms with E-state index in [1.807, 2.05) is 28.8 Å². The fraction of sp³-hybridized carbons (Fsp3) is 0.308. The predicted molar refractivity (Wildman–Crippen MR) is 67.4 cm³/mol. The van der Waals surface area contributed by atoms with E-state index in [4.69, 9.17) is 5.26 Å². The Hall–Kier alpha value is -2.19. The average Bonchev–Trinajstić information content (AvgIpc) is 2.87. The van der Waals surface area contributed by atoms with Crippen LogP contribution in [0.15, 0.2) is 30.6 Å². The van der Waals surface area contributed by atoms with Gasteiger partial charge < -0.3 is 9.88 Å². The highest BCUT2D eigenvalue weighted by Crippen LogP contribution is 2.07. The van der Waals surface area contributed by atoms with Gasteiger partial charge >= 0.3 is 0 Å².